The zero-order valence-electron chi connectivity index (χ0n) is 20.3. The Labute approximate surface area is 198 Å². The van der Waals surface area contributed by atoms with Crippen LogP contribution in [0.4, 0.5) is 37.9 Å². The molecular weight excluding hydrogens is 438 g/mol. The van der Waals surface area contributed by atoms with Crippen molar-refractivity contribution in [1.29, 1.82) is 0 Å². The van der Waals surface area contributed by atoms with Crippen molar-refractivity contribution in [2.24, 2.45) is 0 Å². The Bertz CT molecular complexity index is 1200. The minimum atomic E-state index is -0.893. The monoisotopic (exact) mass is 468 g/mol. The Kier molecular flexibility index (Phi) is 6.24. The van der Waals surface area contributed by atoms with Gasteiger partial charge in [0.2, 0.25) is 5.95 Å². The van der Waals surface area contributed by atoms with Crippen molar-refractivity contribution < 1.29 is 8.78 Å². The third-order valence-corrected chi connectivity index (χ3v) is 5.95. The second-order valence-electron chi connectivity index (χ2n) is 9.30. The molecule has 0 bridgehead atoms. The highest BCUT2D eigenvalue weighted by Crippen LogP contribution is 2.47. The molecule has 1 aliphatic rings. The van der Waals surface area contributed by atoms with Crippen LogP contribution in [-0.4, -0.2) is 46.2 Å². The third-order valence-electron chi connectivity index (χ3n) is 5.95. The summed E-state index contributed by atoms with van der Waals surface area (Å²) >= 11 is 0. The molecule has 34 heavy (non-hydrogen) atoms. The average molecular weight is 469 g/mol. The van der Waals surface area contributed by atoms with Crippen LogP contribution in [0.1, 0.15) is 39.0 Å². The fourth-order valence-corrected chi connectivity index (χ4v) is 4.26. The molecule has 0 saturated heterocycles. The van der Waals surface area contributed by atoms with Gasteiger partial charge in [-0.1, -0.05) is 19.9 Å². The molecule has 2 aromatic heterocycles. The number of nitrogens with zero attached hydrogens (tertiary/aromatic N) is 6. The number of halogens is 2. The highest BCUT2D eigenvalue weighted by Gasteiger charge is 2.41. The van der Waals surface area contributed by atoms with Gasteiger partial charge in [0.1, 0.15) is 23.8 Å². The molecule has 180 valence electrons. The Hall–Kier alpha value is -3.56. The molecule has 4 rings (SSSR count). The summed E-state index contributed by atoms with van der Waals surface area (Å²) in [5, 5.41) is 6.43. The summed E-state index contributed by atoms with van der Waals surface area (Å²) in [5.74, 6) is 0.567. The van der Waals surface area contributed by atoms with Gasteiger partial charge >= 0.3 is 0 Å². The molecule has 3 heterocycles. The van der Waals surface area contributed by atoms with E-state index in [-0.39, 0.29) is 17.1 Å². The second kappa shape index (κ2) is 9.00. The van der Waals surface area contributed by atoms with E-state index >= 15 is 0 Å². The standard InChI is InChI=1S/C24H30F2N8/c1-14(2)34(18-10-15(3)28-12-29-18)13-30-23-31-21(27-6)19-22(32-23)33(11-24(19,4)5)17-9-7-8-16(25)20(17)26/h7-10,12,14H,11,13H2,1-6H3,(H2,27,30,31,32). The van der Waals surface area contributed by atoms with Crippen LogP contribution in [0.25, 0.3) is 0 Å². The fraction of sp³-hybridized carbons (Fsp3) is 0.417. The summed E-state index contributed by atoms with van der Waals surface area (Å²) in [6.45, 7) is 11.0. The summed E-state index contributed by atoms with van der Waals surface area (Å²) < 4.78 is 28.8. The quantitative estimate of drug-likeness (QED) is 0.487. The zero-order valence-corrected chi connectivity index (χ0v) is 20.3. The van der Waals surface area contributed by atoms with Crippen molar-refractivity contribution in [3.05, 3.63) is 53.5 Å². The van der Waals surface area contributed by atoms with E-state index in [4.69, 9.17) is 4.98 Å². The molecule has 1 aromatic carbocycles. The summed E-state index contributed by atoms with van der Waals surface area (Å²) in [6.07, 6.45) is 1.54. The van der Waals surface area contributed by atoms with Gasteiger partial charge in [-0.15, -0.1) is 0 Å². The molecular formula is C24H30F2N8. The van der Waals surface area contributed by atoms with Gasteiger partial charge in [-0.25, -0.2) is 18.7 Å². The van der Waals surface area contributed by atoms with Gasteiger partial charge < -0.3 is 20.4 Å². The molecule has 2 N–H and O–H groups in total. The van der Waals surface area contributed by atoms with E-state index in [0.717, 1.165) is 23.1 Å². The normalized spacial score (nSPS) is 14.3. The number of benzene rings is 1. The molecule has 1 aliphatic heterocycles. The van der Waals surface area contributed by atoms with Crippen LogP contribution in [0.5, 0.6) is 0 Å². The fourth-order valence-electron chi connectivity index (χ4n) is 4.26. The van der Waals surface area contributed by atoms with Gasteiger partial charge in [-0.05, 0) is 32.9 Å². The first-order valence-electron chi connectivity index (χ1n) is 11.2. The number of rotatable bonds is 7. The van der Waals surface area contributed by atoms with Crippen LogP contribution in [0.2, 0.25) is 0 Å². The van der Waals surface area contributed by atoms with Crippen molar-refractivity contribution >= 4 is 29.1 Å². The van der Waals surface area contributed by atoms with E-state index in [9.17, 15) is 8.78 Å². The maximum atomic E-state index is 14.7. The molecule has 0 saturated carbocycles. The minimum absolute atomic E-state index is 0.150. The van der Waals surface area contributed by atoms with E-state index in [1.165, 1.54) is 6.07 Å². The van der Waals surface area contributed by atoms with Crippen LogP contribution < -0.4 is 20.4 Å². The molecule has 0 spiro atoms. The lowest BCUT2D eigenvalue weighted by molar-refractivity contribution is 0.505. The minimum Gasteiger partial charge on any atom is -0.373 e. The molecule has 0 radical (unpaired) electrons. The van der Waals surface area contributed by atoms with Gasteiger partial charge in [0.25, 0.3) is 0 Å². The lowest BCUT2D eigenvalue weighted by Gasteiger charge is -2.28. The predicted molar refractivity (Wildman–Crippen MR) is 131 cm³/mol. The first-order chi connectivity index (χ1) is 16.1. The number of aryl methyl sites for hydroxylation is 1. The maximum Gasteiger partial charge on any atom is 0.228 e. The molecule has 0 unspecified atom stereocenters. The van der Waals surface area contributed by atoms with Gasteiger partial charge in [0, 0.05) is 42.4 Å². The van der Waals surface area contributed by atoms with E-state index in [1.54, 1.807) is 24.3 Å². The molecule has 0 aliphatic carbocycles. The van der Waals surface area contributed by atoms with Gasteiger partial charge in [-0.3, -0.25) is 0 Å². The van der Waals surface area contributed by atoms with Crippen molar-refractivity contribution in [2.75, 3.05) is 40.7 Å². The Balaban J connectivity index is 1.71. The summed E-state index contributed by atoms with van der Waals surface area (Å²) in [6, 6.07) is 6.25. The Morgan fingerprint density at radius 3 is 2.62 bits per heavy atom. The second-order valence-corrected chi connectivity index (χ2v) is 9.30. The summed E-state index contributed by atoms with van der Waals surface area (Å²) in [7, 11) is 1.79. The molecule has 3 aromatic rings. The number of hydrogen-bond donors (Lipinski definition) is 2. The number of fused-ring (bicyclic) bond motifs is 1. The predicted octanol–water partition coefficient (Wildman–Crippen LogP) is 4.61. The summed E-state index contributed by atoms with van der Waals surface area (Å²) in [5.41, 5.74) is 1.50. The number of anilines is 5. The topological polar surface area (TPSA) is 82.1 Å². The SMILES string of the molecule is CNc1nc(NCN(c2cc(C)ncn2)C(C)C)nc2c1C(C)(C)CN2c1cccc(F)c1F. The molecule has 0 amide bonds. The van der Waals surface area contributed by atoms with Gasteiger partial charge in [0.15, 0.2) is 11.6 Å². The van der Waals surface area contributed by atoms with Crippen molar-refractivity contribution in [1.82, 2.24) is 19.9 Å². The van der Waals surface area contributed by atoms with Crippen LogP contribution in [0.15, 0.2) is 30.6 Å². The molecule has 0 atom stereocenters. The van der Waals surface area contributed by atoms with E-state index in [0.29, 0.717) is 30.8 Å². The Morgan fingerprint density at radius 2 is 1.94 bits per heavy atom. The van der Waals surface area contributed by atoms with Crippen LogP contribution in [0.3, 0.4) is 0 Å². The summed E-state index contributed by atoms with van der Waals surface area (Å²) in [4.78, 5) is 21.8. The van der Waals surface area contributed by atoms with Gasteiger partial charge in [-0.2, -0.15) is 9.97 Å². The van der Waals surface area contributed by atoms with Crippen LogP contribution in [0, 0.1) is 18.6 Å². The number of aromatic nitrogens is 4. The van der Waals surface area contributed by atoms with Crippen molar-refractivity contribution in [3.63, 3.8) is 0 Å². The first-order valence-corrected chi connectivity index (χ1v) is 11.2. The molecule has 0 fully saturated rings. The zero-order chi connectivity index (χ0) is 24.6. The van der Waals surface area contributed by atoms with Gasteiger partial charge in [0.05, 0.1) is 12.4 Å². The van der Waals surface area contributed by atoms with Crippen molar-refractivity contribution in [3.8, 4) is 0 Å². The van der Waals surface area contributed by atoms with Crippen LogP contribution >= 0.6 is 0 Å². The molecule has 10 heteroatoms. The van der Waals surface area contributed by atoms with Crippen molar-refractivity contribution in [2.45, 2.75) is 46.1 Å². The smallest absolute Gasteiger partial charge is 0.228 e. The third kappa shape index (κ3) is 4.32. The first kappa shape index (κ1) is 23.6. The Morgan fingerprint density at radius 1 is 1.18 bits per heavy atom. The lowest BCUT2D eigenvalue weighted by Crippen LogP contribution is -2.36. The average Bonchev–Trinajstić information content (AvgIpc) is 3.05. The largest absolute Gasteiger partial charge is 0.373 e. The highest BCUT2D eigenvalue weighted by atomic mass is 19.2. The van der Waals surface area contributed by atoms with E-state index in [1.807, 2.05) is 26.8 Å². The number of hydrogen-bond acceptors (Lipinski definition) is 8. The van der Waals surface area contributed by atoms with Crippen LogP contribution in [-0.2, 0) is 5.41 Å². The highest BCUT2D eigenvalue weighted by molar-refractivity contribution is 5.76. The van der Waals surface area contributed by atoms with E-state index in [2.05, 4.69) is 44.3 Å². The lowest BCUT2D eigenvalue weighted by atomic mass is 9.88. The maximum absolute atomic E-state index is 14.7. The molecule has 8 nitrogen and oxygen atoms in total. The number of nitrogens with one attached hydrogen (secondary N) is 2. The van der Waals surface area contributed by atoms with E-state index < -0.39 is 11.6 Å².